The number of rotatable bonds is 6. The summed E-state index contributed by atoms with van der Waals surface area (Å²) in [5.41, 5.74) is 0.955. The molecule has 1 aromatic heterocycles. The predicted octanol–water partition coefficient (Wildman–Crippen LogP) is 3.29. The standard InChI is InChI=1S/C18H14FNO5S/c19-14-9-13(6-3-11(14)8-16(21)22)25-12-4-1-10(2-5-12)7-15-17(23)20-18(24)26-15/h1-6,9,23H,7-8H2,(H,20,24)(H,21,22). The maximum atomic E-state index is 13.9. The lowest BCUT2D eigenvalue weighted by Gasteiger charge is -2.08. The topological polar surface area (TPSA) is 99.6 Å². The summed E-state index contributed by atoms with van der Waals surface area (Å²) < 4.78 is 19.4. The number of hydrogen-bond acceptors (Lipinski definition) is 5. The maximum absolute atomic E-state index is 13.9. The Morgan fingerprint density at radius 2 is 1.85 bits per heavy atom. The van der Waals surface area contributed by atoms with E-state index < -0.39 is 18.2 Å². The molecule has 0 aliphatic heterocycles. The van der Waals surface area contributed by atoms with Gasteiger partial charge < -0.3 is 14.9 Å². The van der Waals surface area contributed by atoms with Crippen LogP contribution in [-0.4, -0.2) is 21.2 Å². The molecule has 6 nitrogen and oxygen atoms in total. The van der Waals surface area contributed by atoms with Crippen molar-refractivity contribution >= 4 is 17.3 Å². The fraction of sp³-hybridized carbons (Fsp3) is 0.111. The average Bonchev–Trinajstić information content (AvgIpc) is 2.89. The number of hydrogen-bond donors (Lipinski definition) is 3. The summed E-state index contributed by atoms with van der Waals surface area (Å²) in [4.78, 5) is 24.4. The Balaban J connectivity index is 1.69. The minimum Gasteiger partial charge on any atom is -0.494 e. The highest BCUT2D eigenvalue weighted by molar-refractivity contribution is 7.09. The van der Waals surface area contributed by atoms with Gasteiger partial charge in [-0.1, -0.05) is 29.5 Å². The van der Waals surface area contributed by atoms with Gasteiger partial charge in [-0.2, -0.15) is 0 Å². The van der Waals surface area contributed by atoms with E-state index in [1.54, 1.807) is 24.3 Å². The van der Waals surface area contributed by atoms with E-state index in [0.29, 0.717) is 17.0 Å². The van der Waals surface area contributed by atoms with E-state index in [4.69, 9.17) is 9.84 Å². The fourth-order valence-corrected chi connectivity index (χ4v) is 3.12. The lowest BCUT2D eigenvalue weighted by Crippen LogP contribution is -2.02. The zero-order valence-corrected chi connectivity index (χ0v) is 14.2. The number of benzene rings is 2. The van der Waals surface area contributed by atoms with Crippen LogP contribution in [0.2, 0.25) is 0 Å². The van der Waals surface area contributed by atoms with Crippen molar-refractivity contribution < 1.29 is 24.1 Å². The van der Waals surface area contributed by atoms with Crippen molar-refractivity contribution in [2.24, 2.45) is 0 Å². The van der Waals surface area contributed by atoms with E-state index in [1.807, 2.05) is 0 Å². The van der Waals surface area contributed by atoms with Crippen LogP contribution in [0.25, 0.3) is 0 Å². The van der Waals surface area contributed by atoms with Gasteiger partial charge in [-0.3, -0.25) is 14.6 Å². The number of carboxylic acids is 1. The lowest BCUT2D eigenvalue weighted by molar-refractivity contribution is -0.136. The monoisotopic (exact) mass is 375 g/mol. The second-order valence-electron chi connectivity index (χ2n) is 5.53. The SMILES string of the molecule is O=C(O)Cc1ccc(Oc2ccc(Cc3sc(=O)[nH]c3O)cc2)cc1F. The van der Waals surface area contributed by atoms with Gasteiger partial charge in [0.05, 0.1) is 11.3 Å². The molecule has 0 amide bonds. The highest BCUT2D eigenvalue weighted by Gasteiger charge is 2.10. The molecule has 0 aliphatic carbocycles. The normalized spacial score (nSPS) is 10.7. The molecule has 26 heavy (non-hydrogen) atoms. The number of aromatic nitrogens is 1. The molecular formula is C18H14FNO5S. The quantitative estimate of drug-likeness (QED) is 0.614. The van der Waals surface area contributed by atoms with Crippen LogP contribution in [0.4, 0.5) is 4.39 Å². The van der Waals surface area contributed by atoms with Gasteiger partial charge in [0.1, 0.15) is 17.3 Å². The summed E-state index contributed by atoms with van der Waals surface area (Å²) in [5.74, 6) is -1.14. The molecule has 0 saturated carbocycles. The number of aliphatic carboxylic acids is 1. The van der Waals surface area contributed by atoms with Crippen LogP contribution >= 0.6 is 11.3 Å². The van der Waals surface area contributed by atoms with Crippen molar-refractivity contribution in [3.8, 4) is 17.4 Å². The summed E-state index contributed by atoms with van der Waals surface area (Å²) >= 11 is 0.947. The first kappa shape index (κ1) is 17.7. The Morgan fingerprint density at radius 3 is 2.42 bits per heavy atom. The van der Waals surface area contributed by atoms with Crippen LogP contribution in [0, 0.1) is 5.82 Å². The highest BCUT2D eigenvalue weighted by atomic mass is 32.1. The van der Waals surface area contributed by atoms with Crippen LogP contribution in [0.15, 0.2) is 47.3 Å². The first-order valence-electron chi connectivity index (χ1n) is 7.58. The van der Waals surface area contributed by atoms with Gasteiger partial charge >= 0.3 is 10.8 Å². The third-order valence-corrected chi connectivity index (χ3v) is 4.46. The Bertz CT molecular complexity index is 994. The van der Waals surface area contributed by atoms with Crippen molar-refractivity contribution in [2.45, 2.75) is 12.8 Å². The molecule has 0 saturated heterocycles. The molecule has 0 radical (unpaired) electrons. The lowest BCUT2D eigenvalue weighted by atomic mass is 10.1. The molecule has 8 heteroatoms. The van der Waals surface area contributed by atoms with E-state index in [9.17, 15) is 19.1 Å². The van der Waals surface area contributed by atoms with Crippen molar-refractivity contribution in [1.82, 2.24) is 4.98 Å². The number of halogens is 1. The summed E-state index contributed by atoms with van der Waals surface area (Å²) in [5, 5.41) is 18.3. The summed E-state index contributed by atoms with van der Waals surface area (Å²) in [6, 6.07) is 10.9. The number of carbonyl (C=O) groups is 1. The van der Waals surface area contributed by atoms with E-state index >= 15 is 0 Å². The molecule has 3 N–H and O–H groups in total. The second-order valence-corrected chi connectivity index (χ2v) is 6.60. The zero-order valence-electron chi connectivity index (χ0n) is 13.4. The molecule has 134 valence electrons. The molecule has 0 aliphatic rings. The van der Waals surface area contributed by atoms with Gasteiger partial charge in [-0.25, -0.2) is 4.39 Å². The predicted molar refractivity (Wildman–Crippen MR) is 93.7 cm³/mol. The number of thiazole rings is 1. The number of carboxylic acid groups (broad SMARTS) is 1. The summed E-state index contributed by atoms with van der Waals surface area (Å²) in [7, 11) is 0. The van der Waals surface area contributed by atoms with Crippen LogP contribution in [0.1, 0.15) is 16.0 Å². The third kappa shape index (κ3) is 4.28. The average molecular weight is 375 g/mol. The molecule has 1 heterocycles. The Hall–Kier alpha value is -3.13. The van der Waals surface area contributed by atoms with E-state index in [-0.39, 0.29) is 22.1 Å². The molecule has 0 spiro atoms. The number of aromatic amines is 1. The fourth-order valence-electron chi connectivity index (χ4n) is 2.37. The molecule has 3 rings (SSSR count). The van der Waals surface area contributed by atoms with E-state index in [1.165, 1.54) is 12.1 Å². The molecule has 0 bridgehead atoms. The molecule has 0 fully saturated rings. The van der Waals surface area contributed by atoms with Gasteiger partial charge in [0, 0.05) is 12.5 Å². The van der Waals surface area contributed by atoms with Crippen LogP contribution in [0.3, 0.4) is 0 Å². The first-order valence-corrected chi connectivity index (χ1v) is 8.40. The Kier molecular flexibility index (Phi) is 5.04. The van der Waals surface area contributed by atoms with Crippen LogP contribution in [-0.2, 0) is 17.6 Å². The Morgan fingerprint density at radius 1 is 1.15 bits per heavy atom. The number of nitrogens with one attached hydrogen (secondary N) is 1. The minimum absolute atomic E-state index is 0.0884. The first-order chi connectivity index (χ1) is 12.4. The zero-order chi connectivity index (χ0) is 18.7. The molecule has 2 aromatic carbocycles. The number of H-pyrrole nitrogens is 1. The van der Waals surface area contributed by atoms with Crippen molar-refractivity contribution in [3.63, 3.8) is 0 Å². The van der Waals surface area contributed by atoms with Gasteiger partial charge in [0.2, 0.25) is 5.88 Å². The molecule has 0 unspecified atom stereocenters. The van der Waals surface area contributed by atoms with Crippen molar-refractivity contribution in [2.75, 3.05) is 0 Å². The smallest absolute Gasteiger partial charge is 0.307 e. The summed E-state index contributed by atoms with van der Waals surface area (Å²) in [6.45, 7) is 0. The largest absolute Gasteiger partial charge is 0.494 e. The van der Waals surface area contributed by atoms with E-state index in [0.717, 1.165) is 23.0 Å². The van der Waals surface area contributed by atoms with Crippen molar-refractivity contribution in [3.05, 3.63) is 74.0 Å². The second kappa shape index (κ2) is 7.40. The number of aromatic hydroxyl groups is 1. The van der Waals surface area contributed by atoms with Crippen molar-refractivity contribution in [1.29, 1.82) is 0 Å². The Labute approximate surface area is 151 Å². The molecule has 0 atom stereocenters. The highest BCUT2D eigenvalue weighted by Crippen LogP contribution is 2.26. The van der Waals surface area contributed by atoms with Gasteiger partial charge in [0.15, 0.2) is 0 Å². The molecular weight excluding hydrogens is 361 g/mol. The molecule has 3 aromatic rings. The number of ether oxygens (including phenoxy) is 1. The van der Waals surface area contributed by atoms with E-state index in [2.05, 4.69) is 4.98 Å². The van der Waals surface area contributed by atoms with Gasteiger partial charge in [0.25, 0.3) is 0 Å². The van der Waals surface area contributed by atoms with Crippen LogP contribution in [0.5, 0.6) is 17.4 Å². The third-order valence-electron chi connectivity index (χ3n) is 3.59. The van der Waals surface area contributed by atoms with Gasteiger partial charge in [-0.05, 0) is 29.3 Å². The van der Waals surface area contributed by atoms with Crippen LogP contribution < -0.4 is 9.61 Å². The minimum atomic E-state index is -1.10. The summed E-state index contributed by atoms with van der Waals surface area (Å²) in [6.07, 6.45) is 0.00686. The van der Waals surface area contributed by atoms with Gasteiger partial charge in [-0.15, -0.1) is 0 Å². The maximum Gasteiger partial charge on any atom is 0.307 e.